The topological polar surface area (TPSA) is 63.9 Å². The van der Waals surface area contributed by atoms with Gasteiger partial charge in [0.05, 0.1) is 29.0 Å². The molecule has 1 aliphatic carbocycles. The van der Waals surface area contributed by atoms with Gasteiger partial charge < -0.3 is 4.90 Å². The fraction of sp³-hybridized carbons (Fsp3) is 0.429. The van der Waals surface area contributed by atoms with Gasteiger partial charge in [0.15, 0.2) is 5.82 Å². The van der Waals surface area contributed by atoms with Crippen molar-refractivity contribution < 1.29 is 0 Å². The molecule has 3 aromatic rings. The summed E-state index contributed by atoms with van der Waals surface area (Å²) in [5.41, 5.74) is 5.12. The van der Waals surface area contributed by atoms with Crippen LogP contribution in [-0.4, -0.2) is 32.8 Å². The van der Waals surface area contributed by atoms with Crippen LogP contribution >= 0.6 is 0 Å². The molecule has 138 valence electrons. The zero-order valence-corrected chi connectivity index (χ0v) is 15.6. The quantitative estimate of drug-likeness (QED) is 0.717. The second-order valence-corrected chi connectivity index (χ2v) is 7.74. The van der Waals surface area contributed by atoms with Crippen molar-refractivity contribution in [1.29, 1.82) is 0 Å². The van der Waals surface area contributed by atoms with Crippen LogP contribution in [0.4, 0.5) is 5.82 Å². The van der Waals surface area contributed by atoms with Crippen LogP contribution < -0.4 is 10.5 Å². The molecule has 1 fully saturated rings. The highest BCUT2D eigenvalue weighted by molar-refractivity contribution is 5.76. The summed E-state index contributed by atoms with van der Waals surface area (Å²) in [6, 6.07) is 9.77. The average molecular weight is 361 g/mol. The zero-order valence-electron chi connectivity index (χ0n) is 15.6. The van der Waals surface area contributed by atoms with Crippen LogP contribution in [0.3, 0.4) is 0 Å². The van der Waals surface area contributed by atoms with Crippen molar-refractivity contribution in [2.45, 2.75) is 39.2 Å². The van der Waals surface area contributed by atoms with E-state index in [1.165, 1.54) is 12.8 Å². The third kappa shape index (κ3) is 2.99. The molecule has 0 N–H and O–H groups in total. The Morgan fingerprint density at radius 3 is 2.63 bits per heavy atom. The monoisotopic (exact) mass is 361 g/mol. The summed E-state index contributed by atoms with van der Waals surface area (Å²) in [7, 11) is 0. The van der Waals surface area contributed by atoms with Gasteiger partial charge in [-0.1, -0.05) is 12.1 Å². The number of aryl methyl sites for hydroxylation is 3. The Morgan fingerprint density at radius 2 is 1.81 bits per heavy atom. The number of fused-ring (bicyclic) bond motifs is 2. The predicted molar refractivity (Wildman–Crippen MR) is 105 cm³/mol. The van der Waals surface area contributed by atoms with E-state index in [0.717, 1.165) is 59.7 Å². The fourth-order valence-electron chi connectivity index (χ4n) is 4.21. The van der Waals surface area contributed by atoms with Gasteiger partial charge in [0.25, 0.3) is 5.56 Å². The van der Waals surface area contributed by atoms with Gasteiger partial charge in [-0.3, -0.25) is 4.79 Å². The molecular formula is C21H23N5O. The van der Waals surface area contributed by atoms with Gasteiger partial charge in [-0.2, -0.15) is 5.10 Å². The minimum atomic E-state index is 0.0378. The van der Waals surface area contributed by atoms with Crippen LogP contribution in [0.2, 0.25) is 0 Å². The van der Waals surface area contributed by atoms with E-state index in [2.05, 4.69) is 15.0 Å². The second kappa shape index (κ2) is 6.44. The number of rotatable bonds is 3. The molecule has 0 saturated carbocycles. The van der Waals surface area contributed by atoms with Gasteiger partial charge in [0.1, 0.15) is 0 Å². The van der Waals surface area contributed by atoms with Crippen molar-refractivity contribution in [3.05, 3.63) is 57.6 Å². The molecule has 6 nitrogen and oxygen atoms in total. The summed E-state index contributed by atoms with van der Waals surface area (Å²) in [5, 5.41) is 4.65. The number of benzene rings is 1. The van der Waals surface area contributed by atoms with E-state index in [1.54, 1.807) is 10.7 Å². The Hall–Kier alpha value is -2.76. The second-order valence-electron chi connectivity index (χ2n) is 7.74. The molecule has 5 rings (SSSR count). The van der Waals surface area contributed by atoms with Gasteiger partial charge in [-0.25, -0.2) is 14.6 Å². The Morgan fingerprint density at radius 1 is 1.07 bits per heavy atom. The number of hydrogen-bond donors (Lipinski definition) is 0. The minimum Gasteiger partial charge on any atom is -0.354 e. The average Bonchev–Trinajstić information content (AvgIpc) is 2.64. The van der Waals surface area contributed by atoms with E-state index in [0.29, 0.717) is 12.5 Å². The molecule has 1 aliphatic heterocycles. The van der Waals surface area contributed by atoms with Gasteiger partial charge in [0.2, 0.25) is 0 Å². The third-order valence-corrected chi connectivity index (χ3v) is 5.68. The summed E-state index contributed by atoms with van der Waals surface area (Å²) >= 11 is 0. The van der Waals surface area contributed by atoms with Crippen molar-refractivity contribution in [3.63, 3.8) is 0 Å². The summed E-state index contributed by atoms with van der Waals surface area (Å²) in [6.45, 7) is 4.47. The maximum absolute atomic E-state index is 12.4. The molecule has 0 unspecified atom stereocenters. The Kier molecular flexibility index (Phi) is 3.92. The lowest BCUT2D eigenvalue weighted by atomic mass is 9.96. The molecule has 1 saturated heterocycles. The molecular weight excluding hydrogens is 338 g/mol. The lowest BCUT2D eigenvalue weighted by molar-refractivity contribution is 0.329. The maximum atomic E-state index is 12.4. The summed E-state index contributed by atoms with van der Waals surface area (Å²) in [5.74, 6) is 1.38. The molecule has 0 amide bonds. The Balaban J connectivity index is 1.31. The van der Waals surface area contributed by atoms with Crippen molar-refractivity contribution in [2.24, 2.45) is 5.92 Å². The van der Waals surface area contributed by atoms with Gasteiger partial charge in [-0.15, -0.1) is 0 Å². The lowest BCUT2D eigenvalue weighted by Crippen LogP contribution is -2.50. The van der Waals surface area contributed by atoms with Crippen LogP contribution in [0.15, 0.2) is 35.1 Å². The summed E-state index contributed by atoms with van der Waals surface area (Å²) in [6.07, 6.45) is 4.34. The molecule has 2 aliphatic rings. The number of para-hydroxylation sites is 2. The summed E-state index contributed by atoms with van der Waals surface area (Å²) < 4.78 is 1.67. The Labute approximate surface area is 157 Å². The number of anilines is 1. The first-order valence-electron chi connectivity index (χ1n) is 9.75. The van der Waals surface area contributed by atoms with Crippen LogP contribution in [-0.2, 0) is 19.4 Å². The van der Waals surface area contributed by atoms with Crippen molar-refractivity contribution in [3.8, 4) is 0 Å². The molecule has 0 radical (unpaired) electrons. The molecule has 27 heavy (non-hydrogen) atoms. The third-order valence-electron chi connectivity index (χ3n) is 5.68. The van der Waals surface area contributed by atoms with Crippen molar-refractivity contribution in [1.82, 2.24) is 19.7 Å². The molecule has 0 atom stereocenters. The van der Waals surface area contributed by atoms with Crippen LogP contribution in [0, 0.1) is 12.8 Å². The zero-order chi connectivity index (χ0) is 18.4. The van der Waals surface area contributed by atoms with Gasteiger partial charge >= 0.3 is 0 Å². The van der Waals surface area contributed by atoms with E-state index in [4.69, 9.17) is 4.98 Å². The van der Waals surface area contributed by atoms with Crippen LogP contribution in [0.25, 0.3) is 11.0 Å². The SMILES string of the molecule is Cc1nc2ccccc2nc1N1CC(Cn2nc3c(cc2=O)CCCC3)C1. The number of hydrogen-bond acceptors (Lipinski definition) is 5. The number of nitrogens with zero attached hydrogens (tertiary/aromatic N) is 5. The molecule has 3 heterocycles. The highest BCUT2D eigenvalue weighted by Crippen LogP contribution is 2.27. The smallest absolute Gasteiger partial charge is 0.267 e. The highest BCUT2D eigenvalue weighted by Gasteiger charge is 2.30. The van der Waals surface area contributed by atoms with E-state index >= 15 is 0 Å². The van der Waals surface area contributed by atoms with Gasteiger partial charge in [-0.05, 0) is 50.3 Å². The van der Waals surface area contributed by atoms with Crippen molar-refractivity contribution >= 4 is 16.9 Å². The first-order valence-corrected chi connectivity index (χ1v) is 9.75. The molecule has 6 heteroatoms. The van der Waals surface area contributed by atoms with Crippen LogP contribution in [0.5, 0.6) is 0 Å². The molecule has 0 spiro atoms. The van der Waals surface area contributed by atoms with E-state index < -0.39 is 0 Å². The molecule has 1 aromatic carbocycles. The largest absolute Gasteiger partial charge is 0.354 e. The number of aromatic nitrogens is 4. The predicted octanol–water partition coefficient (Wildman–Crippen LogP) is 2.51. The highest BCUT2D eigenvalue weighted by atomic mass is 16.1. The normalized spacial score (nSPS) is 17.0. The molecule has 2 aromatic heterocycles. The molecule has 0 bridgehead atoms. The standard InChI is InChI=1S/C21H23N5O/c1-14-21(23-19-9-5-4-8-18(19)22-14)25-11-15(12-25)13-26-20(27)10-16-6-2-3-7-17(16)24-26/h4-5,8-10,15H,2-3,6-7,11-13H2,1H3. The summed E-state index contributed by atoms with van der Waals surface area (Å²) in [4.78, 5) is 24.1. The lowest BCUT2D eigenvalue weighted by Gasteiger charge is -2.40. The van der Waals surface area contributed by atoms with E-state index in [-0.39, 0.29) is 5.56 Å². The maximum Gasteiger partial charge on any atom is 0.267 e. The van der Waals surface area contributed by atoms with Gasteiger partial charge in [0, 0.05) is 25.1 Å². The fourth-order valence-corrected chi connectivity index (χ4v) is 4.21. The Bertz CT molecular complexity index is 1070. The van der Waals surface area contributed by atoms with Crippen LogP contribution in [0.1, 0.15) is 29.8 Å². The van der Waals surface area contributed by atoms with E-state index in [9.17, 15) is 4.79 Å². The van der Waals surface area contributed by atoms with Crippen molar-refractivity contribution in [2.75, 3.05) is 18.0 Å². The first-order chi connectivity index (χ1) is 13.2. The first kappa shape index (κ1) is 16.4. The minimum absolute atomic E-state index is 0.0378. The van der Waals surface area contributed by atoms with E-state index in [1.807, 2.05) is 31.2 Å².